The number of para-hydroxylation sites is 2. The third-order valence-electron chi connectivity index (χ3n) is 4.72. The van der Waals surface area contributed by atoms with Gasteiger partial charge >= 0.3 is 5.97 Å². The highest BCUT2D eigenvalue weighted by Gasteiger charge is 2.12. The molecule has 0 fully saturated rings. The molecule has 1 heterocycles. The highest BCUT2D eigenvalue weighted by Crippen LogP contribution is 2.21. The van der Waals surface area contributed by atoms with Crippen LogP contribution >= 0.6 is 0 Å². The predicted molar refractivity (Wildman–Crippen MR) is 116 cm³/mol. The minimum atomic E-state index is -1.03. The molecule has 1 N–H and O–H groups in total. The highest BCUT2D eigenvalue weighted by atomic mass is 16.5. The second-order valence-electron chi connectivity index (χ2n) is 6.56. The third-order valence-corrected chi connectivity index (χ3v) is 4.72. The van der Waals surface area contributed by atoms with Crippen LogP contribution in [-0.2, 0) is 0 Å². The number of rotatable bonds is 5. The number of methoxy groups -OCH3 is 1. The van der Waals surface area contributed by atoms with Crippen molar-refractivity contribution < 1.29 is 14.6 Å². The van der Waals surface area contributed by atoms with Gasteiger partial charge in [-0.1, -0.05) is 30.3 Å². The standard InChI is InChI=1S/C24H18N2O4/c1-30-21-9-5-2-6-16(21)12-15-22-25-20-8-4-3-7-19(20)23(27)26(22)18-13-10-17(11-14-18)24(28)29/h2-15H,1H3,(H,28,29)/b15-12+. The van der Waals surface area contributed by atoms with Crippen LogP contribution in [-0.4, -0.2) is 27.7 Å². The van der Waals surface area contributed by atoms with E-state index < -0.39 is 5.97 Å². The van der Waals surface area contributed by atoms with Crippen LogP contribution < -0.4 is 10.3 Å². The Hall–Kier alpha value is -4.19. The summed E-state index contributed by atoms with van der Waals surface area (Å²) in [6, 6.07) is 20.8. The fourth-order valence-electron chi connectivity index (χ4n) is 3.23. The molecule has 0 amide bonds. The van der Waals surface area contributed by atoms with Crippen molar-refractivity contribution in [1.29, 1.82) is 0 Å². The molecule has 0 bridgehead atoms. The molecule has 1 aromatic heterocycles. The molecule has 0 atom stereocenters. The van der Waals surface area contributed by atoms with Gasteiger partial charge in [-0.3, -0.25) is 9.36 Å². The van der Waals surface area contributed by atoms with Crippen molar-refractivity contribution in [3.05, 3.63) is 100 Å². The van der Waals surface area contributed by atoms with E-state index in [0.717, 1.165) is 5.56 Å². The summed E-state index contributed by atoms with van der Waals surface area (Å²) in [5, 5.41) is 9.63. The molecule has 0 saturated heterocycles. The summed E-state index contributed by atoms with van der Waals surface area (Å²) in [7, 11) is 1.60. The summed E-state index contributed by atoms with van der Waals surface area (Å²) in [4.78, 5) is 29.1. The number of nitrogens with zero attached hydrogens (tertiary/aromatic N) is 2. The fourth-order valence-corrected chi connectivity index (χ4v) is 3.23. The molecule has 148 valence electrons. The van der Waals surface area contributed by atoms with Crippen LogP contribution in [0.1, 0.15) is 21.7 Å². The van der Waals surface area contributed by atoms with Crippen LogP contribution in [0.15, 0.2) is 77.6 Å². The Morgan fingerprint density at radius 1 is 0.967 bits per heavy atom. The van der Waals surface area contributed by atoms with Crippen molar-refractivity contribution in [3.63, 3.8) is 0 Å². The van der Waals surface area contributed by atoms with E-state index in [4.69, 9.17) is 9.84 Å². The second kappa shape index (κ2) is 8.05. The summed E-state index contributed by atoms with van der Waals surface area (Å²) < 4.78 is 6.85. The second-order valence-corrected chi connectivity index (χ2v) is 6.56. The first kappa shape index (κ1) is 19.1. The molecule has 0 spiro atoms. The molecule has 0 aliphatic heterocycles. The van der Waals surface area contributed by atoms with Gasteiger partial charge in [-0.2, -0.15) is 0 Å². The lowest BCUT2D eigenvalue weighted by Gasteiger charge is -2.12. The van der Waals surface area contributed by atoms with Crippen molar-refractivity contribution in [2.45, 2.75) is 0 Å². The van der Waals surface area contributed by atoms with E-state index in [1.165, 1.54) is 16.7 Å². The maximum Gasteiger partial charge on any atom is 0.335 e. The molecule has 0 unspecified atom stereocenters. The van der Waals surface area contributed by atoms with Crippen LogP contribution in [0.4, 0.5) is 0 Å². The number of fused-ring (bicyclic) bond motifs is 1. The number of aromatic nitrogens is 2. The van der Waals surface area contributed by atoms with Gasteiger partial charge in [0.15, 0.2) is 0 Å². The smallest absolute Gasteiger partial charge is 0.335 e. The van der Waals surface area contributed by atoms with Gasteiger partial charge in [-0.15, -0.1) is 0 Å². The van der Waals surface area contributed by atoms with Crippen LogP contribution in [0, 0.1) is 0 Å². The van der Waals surface area contributed by atoms with Crippen LogP contribution in [0.3, 0.4) is 0 Å². The first-order valence-corrected chi connectivity index (χ1v) is 9.25. The molecular weight excluding hydrogens is 380 g/mol. The van der Waals surface area contributed by atoms with Crippen molar-refractivity contribution in [1.82, 2.24) is 9.55 Å². The zero-order chi connectivity index (χ0) is 21.1. The zero-order valence-electron chi connectivity index (χ0n) is 16.1. The van der Waals surface area contributed by atoms with Gasteiger partial charge in [0.1, 0.15) is 11.6 Å². The normalized spacial score (nSPS) is 11.1. The molecule has 0 saturated carbocycles. The van der Waals surface area contributed by atoms with Gasteiger partial charge < -0.3 is 9.84 Å². The predicted octanol–water partition coefficient (Wildman–Crippen LogP) is 4.26. The summed E-state index contributed by atoms with van der Waals surface area (Å²) >= 11 is 0. The summed E-state index contributed by atoms with van der Waals surface area (Å²) in [5.41, 5.74) is 1.87. The maximum atomic E-state index is 13.3. The van der Waals surface area contributed by atoms with Gasteiger partial charge in [0.05, 0.1) is 29.3 Å². The molecule has 30 heavy (non-hydrogen) atoms. The van der Waals surface area contributed by atoms with E-state index in [0.29, 0.717) is 28.2 Å². The van der Waals surface area contributed by atoms with Gasteiger partial charge in [0.25, 0.3) is 5.56 Å². The fraction of sp³-hybridized carbons (Fsp3) is 0.0417. The lowest BCUT2D eigenvalue weighted by atomic mass is 10.1. The van der Waals surface area contributed by atoms with E-state index in [9.17, 15) is 9.59 Å². The molecule has 6 nitrogen and oxygen atoms in total. The topological polar surface area (TPSA) is 81.4 Å². The number of carbonyl (C=O) groups is 1. The summed E-state index contributed by atoms with van der Waals surface area (Å²) in [6.07, 6.45) is 3.58. The van der Waals surface area contributed by atoms with Gasteiger partial charge in [0, 0.05) is 5.56 Å². The lowest BCUT2D eigenvalue weighted by molar-refractivity contribution is 0.0697. The van der Waals surface area contributed by atoms with Crippen LogP contribution in [0.25, 0.3) is 28.7 Å². The van der Waals surface area contributed by atoms with E-state index in [-0.39, 0.29) is 11.1 Å². The minimum absolute atomic E-state index is 0.145. The van der Waals surface area contributed by atoms with Crippen molar-refractivity contribution in [3.8, 4) is 11.4 Å². The Kier molecular flexibility index (Phi) is 5.13. The van der Waals surface area contributed by atoms with Crippen LogP contribution in [0.5, 0.6) is 5.75 Å². The van der Waals surface area contributed by atoms with E-state index in [1.54, 1.807) is 43.5 Å². The first-order chi connectivity index (χ1) is 14.6. The highest BCUT2D eigenvalue weighted by molar-refractivity contribution is 5.88. The summed E-state index contributed by atoms with van der Waals surface area (Å²) in [5.74, 6) is 0.101. The number of carboxylic acid groups (broad SMARTS) is 1. The zero-order valence-corrected chi connectivity index (χ0v) is 16.1. The Labute approximate surface area is 172 Å². The third kappa shape index (κ3) is 3.58. The Morgan fingerprint density at radius 3 is 2.40 bits per heavy atom. The van der Waals surface area contributed by atoms with E-state index in [2.05, 4.69) is 4.98 Å². The van der Waals surface area contributed by atoms with Crippen LogP contribution in [0.2, 0.25) is 0 Å². The maximum absolute atomic E-state index is 13.3. The molecule has 4 rings (SSSR count). The Bertz CT molecular complexity index is 1320. The van der Waals surface area contributed by atoms with Gasteiger partial charge in [-0.05, 0) is 54.6 Å². The monoisotopic (exact) mass is 398 g/mol. The van der Waals surface area contributed by atoms with Crippen molar-refractivity contribution >= 4 is 29.0 Å². The molecular formula is C24H18N2O4. The number of aromatic carboxylic acids is 1. The molecule has 3 aromatic carbocycles. The number of hydrogen-bond donors (Lipinski definition) is 1. The Morgan fingerprint density at radius 2 is 1.67 bits per heavy atom. The van der Waals surface area contributed by atoms with E-state index >= 15 is 0 Å². The van der Waals surface area contributed by atoms with Gasteiger partial charge in [-0.25, -0.2) is 9.78 Å². The number of carboxylic acids is 1. The lowest BCUT2D eigenvalue weighted by Crippen LogP contribution is -2.22. The largest absolute Gasteiger partial charge is 0.496 e. The minimum Gasteiger partial charge on any atom is -0.496 e. The molecule has 0 aliphatic carbocycles. The van der Waals surface area contributed by atoms with Crippen molar-refractivity contribution in [2.24, 2.45) is 0 Å². The average Bonchev–Trinajstić information content (AvgIpc) is 2.78. The number of ether oxygens (including phenoxy) is 1. The molecule has 4 aromatic rings. The quantitative estimate of drug-likeness (QED) is 0.543. The average molecular weight is 398 g/mol. The van der Waals surface area contributed by atoms with E-state index in [1.807, 2.05) is 36.4 Å². The number of benzene rings is 3. The molecule has 0 radical (unpaired) electrons. The SMILES string of the molecule is COc1ccccc1/C=C/c1nc2ccccc2c(=O)n1-c1ccc(C(=O)O)cc1. The first-order valence-electron chi connectivity index (χ1n) is 9.25. The summed E-state index contributed by atoms with van der Waals surface area (Å²) in [6.45, 7) is 0. The van der Waals surface area contributed by atoms with Gasteiger partial charge in [0.2, 0.25) is 0 Å². The number of hydrogen-bond acceptors (Lipinski definition) is 4. The van der Waals surface area contributed by atoms with Crippen molar-refractivity contribution in [2.75, 3.05) is 7.11 Å². The Balaban J connectivity index is 1.91. The molecule has 0 aliphatic rings. The molecule has 6 heteroatoms.